The highest BCUT2D eigenvalue weighted by Crippen LogP contribution is 2.88. The Kier molecular flexibility index (Phi) is 5.67. The SMILES string of the molecule is CC(C)[C@H](O)CC[C@@H](C)[C@H]1CC[C@@]2(C)[C@@H]3CC[C@H]4[C@H](CO)[C@@H](O)CC[C@@]45C[C@@]35CC[C@]12C. The van der Waals surface area contributed by atoms with Crippen LogP contribution in [0, 0.1) is 57.2 Å². The first-order valence-electron chi connectivity index (χ1n) is 14.0. The van der Waals surface area contributed by atoms with Crippen molar-refractivity contribution in [3.8, 4) is 0 Å². The molecule has 2 spiro atoms. The average Bonchev–Trinajstić information content (AvgIpc) is 3.34. The van der Waals surface area contributed by atoms with Crippen LogP contribution in [0.4, 0.5) is 0 Å². The molecular weight excluding hydrogens is 396 g/mol. The molecule has 0 saturated heterocycles. The molecule has 3 heteroatoms. The van der Waals surface area contributed by atoms with Gasteiger partial charge in [0.25, 0.3) is 0 Å². The molecule has 0 bridgehead atoms. The van der Waals surface area contributed by atoms with Crippen LogP contribution in [-0.2, 0) is 0 Å². The van der Waals surface area contributed by atoms with Gasteiger partial charge in [0.2, 0.25) is 0 Å². The van der Waals surface area contributed by atoms with Gasteiger partial charge in [0, 0.05) is 12.5 Å². The maximum atomic E-state index is 10.6. The summed E-state index contributed by atoms with van der Waals surface area (Å²) in [4.78, 5) is 0. The molecule has 0 amide bonds. The molecule has 184 valence electrons. The standard InChI is InChI=1S/C29H50O3/c1-18(2)23(31)8-6-19(3)21-10-12-27(5)25-9-7-22-20(16-30)24(32)11-13-28(22)17-29(25,28)15-14-26(21,27)4/h18-25,30-32H,6-17H2,1-5H3/t19-,20+,21-,22+,23-,24+,25+,26-,27+,28-,29+/m1/s1. The smallest absolute Gasteiger partial charge is 0.0593 e. The van der Waals surface area contributed by atoms with Crippen molar-refractivity contribution in [3.63, 3.8) is 0 Å². The quantitative estimate of drug-likeness (QED) is 0.483. The predicted molar refractivity (Wildman–Crippen MR) is 129 cm³/mol. The van der Waals surface area contributed by atoms with E-state index in [1.807, 2.05) is 0 Å². The molecule has 11 atom stereocenters. The summed E-state index contributed by atoms with van der Waals surface area (Å²) in [7, 11) is 0. The summed E-state index contributed by atoms with van der Waals surface area (Å²) in [5.41, 5.74) is 1.79. The van der Waals surface area contributed by atoms with Gasteiger partial charge >= 0.3 is 0 Å². The highest BCUT2D eigenvalue weighted by molar-refractivity contribution is 5.29. The summed E-state index contributed by atoms with van der Waals surface area (Å²) < 4.78 is 0. The monoisotopic (exact) mass is 446 g/mol. The fourth-order valence-electron chi connectivity index (χ4n) is 11.0. The first-order chi connectivity index (χ1) is 15.1. The minimum absolute atomic E-state index is 0.119. The molecule has 5 rings (SSSR count). The number of hydrogen-bond acceptors (Lipinski definition) is 3. The molecule has 5 fully saturated rings. The number of hydrogen-bond donors (Lipinski definition) is 3. The van der Waals surface area contributed by atoms with E-state index in [0.29, 0.717) is 39.4 Å². The van der Waals surface area contributed by atoms with Crippen LogP contribution in [0.5, 0.6) is 0 Å². The van der Waals surface area contributed by atoms with E-state index in [1.165, 1.54) is 51.4 Å². The van der Waals surface area contributed by atoms with Crippen molar-refractivity contribution in [1.29, 1.82) is 0 Å². The molecular formula is C29H50O3. The van der Waals surface area contributed by atoms with Crippen LogP contribution in [0.2, 0.25) is 0 Å². The Morgan fingerprint density at radius 1 is 0.844 bits per heavy atom. The second-order valence-corrected chi connectivity index (χ2v) is 14.0. The molecule has 3 nitrogen and oxygen atoms in total. The van der Waals surface area contributed by atoms with E-state index in [9.17, 15) is 15.3 Å². The zero-order chi connectivity index (χ0) is 23.1. The van der Waals surface area contributed by atoms with Crippen molar-refractivity contribution in [1.82, 2.24) is 0 Å². The van der Waals surface area contributed by atoms with Gasteiger partial charge in [-0.2, -0.15) is 0 Å². The lowest BCUT2D eigenvalue weighted by Gasteiger charge is -2.62. The third kappa shape index (κ3) is 2.89. The topological polar surface area (TPSA) is 60.7 Å². The second kappa shape index (κ2) is 7.69. The normalized spacial score (nSPS) is 53.7. The van der Waals surface area contributed by atoms with Crippen LogP contribution in [-0.4, -0.2) is 34.1 Å². The lowest BCUT2D eigenvalue weighted by atomic mass is 9.43. The molecule has 5 saturated carbocycles. The Morgan fingerprint density at radius 2 is 1.59 bits per heavy atom. The highest BCUT2D eigenvalue weighted by atomic mass is 16.3. The number of fused-ring (bicyclic) bond motifs is 2. The summed E-state index contributed by atoms with van der Waals surface area (Å²) in [5.74, 6) is 3.34. The van der Waals surface area contributed by atoms with Crippen molar-refractivity contribution in [2.24, 2.45) is 57.2 Å². The number of rotatable bonds is 6. The fraction of sp³-hybridized carbons (Fsp3) is 1.00. The maximum absolute atomic E-state index is 10.6. The van der Waals surface area contributed by atoms with Gasteiger partial charge in [-0.3, -0.25) is 0 Å². The zero-order valence-electron chi connectivity index (χ0n) is 21.4. The van der Waals surface area contributed by atoms with Crippen molar-refractivity contribution in [3.05, 3.63) is 0 Å². The predicted octanol–water partition coefficient (Wildman–Crippen LogP) is 5.80. The summed E-state index contributed by atoms with van der Waals surface area (Å²) in [6, 6.07) is 0. The second-order valence-electron chi connectivity index (χ2n) is 14.0. The minimum Gasteiger partial charge on any atom is -0.396 e. The van der Waals surface area contributed by atoms with Gasteiger partial charge in [-0.15, -0.1) is 0 Å². The highest BCUT2D eigenvalue weighted by Gasteiger charge is 2.81. The average molecular weight is 447 g/mol. The van der Waals surface area contributed by atoms with Crippen LogP contribution in [0.25, 0.3) is 0 Å². The summed E-state index contributed by atoms with van der Waals surface area (Å²) >= 11 is 0. The van der Waals surface area contributed by atoms with Gasteiger partial charge in [0.1, 0.15) is 0 Å². The van der Waals surface area contributed by atoms with Crippen molar-refractivity contribution in [2.75, 3.05) is 6.61 Å². The van der Waals surface area contributed by atoms with E-state index in [-0.39, 0.29) is 24.7 Å². The van der Waals surface area contributed by atoms with Crippen LogP contribution in [0.15, 0.2) is 0 Å². The van der Waals surface area contributed by atoms with Crippen molar-refractivity contribution in [2.45, 2.75) is 117 Å². The van der Waals surface area contributed by atoms with Gasteiger partial charge in [-0.05, 0) is 122 Å². The lowest BCUT2D eigenvalue weighted by Crippen LogP contribution is -2.56. The maximum Gasteiger partial charge on any atom is 0.0593 e. The molecule has 0 heterocycles. The third-order valence-corrected chi connectivity index (χ3v) is 13.1. The first-order valence-corrected chi connectivity index (χ1v) is 14.0. The Balaban J connectivity index is 1.37. The number of aliphatic hydroxyl groups is 3. The first kappa shape index (κ1) is 23.6. The molecule has 5 aliphatic carbocycles. The number of aliphatic hydroxyl groups excluding tert-OH is 3. The van der Waals surface area contributed by atoms with Gasteiger partial charge < -0.3 is 15.3 Å². The summed E-state index contributed by atoms with van der Waals surface area (Å²) in [5, 5.41) is 31.1. The Bertz CT molecular complexity index is 721. The summed E-state index contributed by atoms with van der Waals surface area (Å²) in [6.45, 7) is 12.2. The third-order valence-electron chi connectivity index (χ3n) is 13.1. The molecule has 0 unspecified atom stereocenters. The zero-order valence-corrected chi connectivity index (χ0v) is 21.4. The van der Waals surface area contributed by atoms with Crippen LogP contribution < -0.4 is 0 Å². The van der Waals surface area contributed by atoms with Crippen molar-refractivity contribution < 1.29 is 15.3 Å². The molecule has 3 N–H and O–H groups in total. The largest absolute Gasteiger partial charge is 0.396 e. The van der Waals surface area contributed by atoms with E-state index in [0.717, 1.165) is 31.1 Å². The van der Waals surface area contributed by atoms with Gasteiger partial charge in [-0.25, -0.2) is 0 Å². The van der Waals surface area contributed by atoms with E-state index in [1.54, 1.807) is 0 Å². The fourth-order valence-corrected chi connectivity index (χ4v) is 11.0. The Labute approximate surface area is 196 Å². The molecule has 0 aromatic heterocycles. The van der Waals surface area contributed by atoms with E-state index < -0.39 is 0 Å². The van der Waals surface area contributed by atoms with Crippen molar-refractivity contribution >= 4 is 0 Å². The Morgan fingerprint density at radius 3 is 2.28 bits per heavy atom. The lowest BCUT2D eigenvalue weighted by molar-refractivity contribution is -0.149. The molecule has 32 heavy (non-hydrogen) atoms. The Hall–Kier alpha value is -0.120. The molecule has 0 radical (unpaired) electrons. The van der Waals surface area contributed by atoms with E-state index in [4.69, 9.17) is 0 Å². The van der Waals surface area contributed by atoms with Gasteiger partial charge in [0.05, 0.1) is 12.2 Å². The molecule has 0 aliphatic heterocycles. The molecule has 0 aromatic rings. The van der Waals surface area contributed by atoms with E-state index >= 15 is 0 Å². The molecule has 0 aromatic carbocycles. The molecule has 5 aliphatic rings. The van der Waals surface area contributed by atoms with Crippen LogP contribution in [0.1, 0.15) is 105 Å². The minimum atomic E-state index is -0.285. The van der Waals surface area contributed by atoms with Gasteiger partial charge in [0.15, 0.2) is 0 Å². The van der Waals surface area contributed by atoms with E-state index in [2.05, 4.69) is 34.6 Å². The van der Waals surface area contributed by atoms with Gasteiger partial charge in [-0.1, -0.05) is 34.6 Å². The summed E-state index contributed by atoms with van der Waals surface area (Å²) in [6.07, 6.45) is 13.2. The van der Waals surface area contributed by atoms with Crippen LogP contribution in [0.3, 0.4) is 0 Å². The van der Waals surface area contributed by atoms with Crippen LogP contribution >= 0.6 is 0 Å².